The number of terminal acetylenes is 1. The number of amides is 1. The molecule has 0 radical (unpaired) electrons. The fourth-order valence-corrected chi connectivity index (χ4v) is 7.95. The SMILES string of the molecule is C#Cc1c(F)ccc2cc(O)cc(C3=Cc4nc(OC[C@]5(C)C[C@@H](F)CN5c5ccc(C(F)(F)F)nc5)nc(N5CCCCC(NC(=O)C=C)C5)c4CC3)c12. The molecule has 2 aromatic heterocycles. The highest BCUT2D eigenvalue weighted by Gasteiger charge is 2.44. The van der Waals surface area contributed by atoms with E-state index in [1.807, 2.05) is 6.08 Å². The summed E-state index contributed by atoms with van der Waals surface area (Å²) >= 11 is 0. The van der Waals surface area contributed by atoms with Gasteiger partial charge in [0.1, 0.15) is 35.9 Å². The maximum Gasteiger partial charge on any atom is 0.433 e. The minimum atomic E-state index is -4.62. The van der Waals surface area contributed by atoms with Crippen LogP contribution >= 0.6 is 0 Å². The van der Waals surface area contributed by atoms with E-state index in [1.165, 1.54) is 24.3 Å². The van der Waals surface area contributed by atoms with Crippen LogP contribution in [-0.4, -0.2) is 70.0 Å². The molecule has 2 N–H and O–H groups in total. The van der Waals surface area contributed by atoms with Crippen molar-refractivity contribution in [2.75, 3.05) is 36.0 Å². The van der Waals surface area contributed by atoms with Crippen molar-refractivity contribution >= 4 is 39.8 Å². The van der Waals surface area contributed by atoms with Crippen LogP contribution in [0.25, 0.3) is 22.4 Å². The second-order valence-corrected chi connectivity index (χ2v) is 14.5. The molecule has 55 heavy (non-hydrogen) atoms. The van der Waals surface area contributed by atoms with Crippen molar-refractivity contribution < 1.29 is 36.6 Å². The van der Waals surface area contributed by atoms with Gasteiger partial charge in [-0.2, -0.15) is 23.1 Å². The van der Waals surface area contributed by atoms with E-state index in [0.717, 1.165) is 42.7 Å². The van der Waals surface area contributed by atoms with E-state index in [0.29, 0.717) is 59.5 Å². The normalized spacial score (nSPS) is 21.4. The van der Waals surface area contributed by atoms with Crippen molar-refractivity contribution in [2.24, 2.45) is 0 Å². The number of phenolic OH excluding ortho intramolecular Hbond substituents is 1. The number of rotatable bonds is 8. The Morgan fingerprint density at radius 1 is 1.18 bits per heavy atom. The zero-order valence-electron chi connectivity index (χ0n) is 30.1. The molecule has 1 unspecified atom stereocenters. The van der Waals surface area contributed by atoms with Gasteiger partial charge in [-0.05, 0) is 98.0 Å². The fraction of sp³-hybridized carbons (Fsp3) is 0.366. The van der Waals surface area contributed by atoms with Crippen LogP contribution in [0.1, 0.15) is 67.1 Å². The molecule has 1 aliphatic carbocycles. The van der Waals surface area contributed by atoms with E-state index in [1.54, 1.807) is 24.0 Å². The average Bonchev–Trinajstić information content (AvgIpc) is 3.29. The van der Waals surface area contributed by atoms with Crippen molar-refractivity contribution in [1.29, 1.82) is 0 Å². The highest BCUT2D eigenvalue weighted by Crippen LogP contribution is 2.41. The van der Waals surface area contributed by atoms with Gasteiger partial charge in [0.05, 0.1) is 35.2 Å². The average molecular weight is 759 g/mol. The number of pyridine rings is 1. The molecule has 3 atom stereocenters. The Morgan fingerprint density at radius 3 is 2.73 bits per heavy atom. The molecule has 0 spiro atoms. The molecular formula is C41H39F5N6O3. The van der Waals surface area contributed by atoms with Crippen molar-refractivity contribution in [3.63, 3.8) is 0 Å². The van der Waals surface area contributed by atoms with E-state index in [2.05, 4.69) is 27.7 Å². The summed E-state index contributed by atoms with van der Waals surface area (Å²) in [4.78, 5) is 29.3. The minimum Gasteiger partial charge on any atom is -0.508 e. The molecule has 2 saturated heterocycles. The third-order valence-corrected chi connectivity index (χ3v) is 10.6. The Labute approximate surface area is 314 Å². The summed E-state index contributed by atoms with van der Waals surface area (Å²) in [5, 5.41) is 14.8. The van der Waals surface area contributed by atoms with E-state index < -0.39 is 29.4 Å². The van der Waals surface area contributed by atoms with Gasteiger partial charge in [-0.3, -0.25) is 4.79 Å². The Balaban J connectivity index is 1.28. The van der Waals surface area contributed by atoms with Gasteiger partial charge in [-0.15, -0.1) is 6.42 Å². The fourth-order valence-electron chi connectivity index (χ4n) is 7.95. The predicted molar refractivity (Wildman–Crippen MR) is 200 cm³/mol. The molecule has 286 valence electrons. The molecule has 2 aromatic carbocycles. The molecule has 2 fully saturated rings. The van der Waals surface area contributed by atoms with Crippen LogP contribution < -0.4 is 19.9 Å². The van der Waals surface area contributed by atoms with Gasteiger partial charge in [-0.1, -0.05) is 18.6 Å². The van der Waals surface area contributed by atoms with Gasteiger partial charge < -0.3 is 25.0 Å². The second kappa shape index (κ2) is 14.8. The summed E-state index contributed by atoms with van der Waals surface area (Å²) in [6.45, 7) is 6.25. The first-order chi connectivity index (χ1) is 26.3. The van der Waals surface area contributed by atoms with Gasteiger partial charge >= 0.3 is 12.2 Å². The van der Waals surface area contributed by atoms with Crippen molar-refractivity contribution in [3.05, 3.63) is 89.1 Å². The molecular weight excluding hydrogens is 719 g/mol. The van der Waals surface area contributed by atoms with Crippen molar-refractivity contribution in [3.8, 4) is 24.1 Å². The maximum absolute atomic E-state index is 15.1. The van der Waals surface area contributed by atoms with Gasteiger partial charge in [0, 0.05) is 36.5 Å². The molecule has 1 amide bonds. The number of aromatic nitrogens is 3. The van der Waals surface area contributed by atoms with Gasteiger partial charge in [0.15, 0.2) is 0 Å². The Kier molecular flexibility index (Phi) is 10.1. The Hall–Kier alpha value is -5.71. The Bertz CT molecular complexity index is 2220. The summed E-state index contributed by atoms with van der Waals surface area (Å²) in [5.41, 5.74) is 1.01. The van der Waals surface area contributed by atoms with E-state index >= 15 is 4.39 Å². The number of allylic oxidation sites excluding steroid dienone is 1. The van der Waals surface area contributed by atoms with E-state index in [9.17, 15) is 27.5 Å². The van der Waals surface area contributed by atoms with E-state index in [-0.39, 0.29) is 48.8 Å². The summed E-state index contributed by atoms with van der Waals surface area (Å²) in [6.07, 6.45) is 7.49. The molecule has 0 bridgehead atoms. The van der Waals surface area contributed by atoms with Crippen LogP contribution in [0.3, 0.4) is 0 Å². The number of hydrogen-bond acceptors (Lipinski definition) is 8. The van der Waals surface area contributed by atoms with Crippen LogP contribution in [0.5, 0.6) is 11.8 Å². The molecule has 9 nitrogen and oxygen atoms in total. The summed E-state index contributed by atoms with van der Waals surface area (Å²) in [7, 11) is 0. The molecule has 7 rings (SSSR count). The lowest BCUT2D eigenvalue weighted by Gasteiger charge is -2.36. The number of anilines is 2. The number of benzene rings is 2. The maximum atomic E-state index is 15.1. The number of hydrogen-bond donors (Lipinski definition) is 2. The number of phenols is 1. The van der Waals surface area contributed by atoms with Gasteiger partial charge in [-0.25, -0.2) is 13.8 Å². The standard InChI is InChI=1S/C41H39F5N6O3/c1-4-30-33(43)13-10-25-16-29(53)18-32(37(25)30)24-9-12-31-34(17-24)49-39(50-38(31)51-15-7-6-8-27(22-51)48-36(54)5-2)55-23-40(3)19-26(42)21-52(40)28-11-14-35(47-20-28)41(44,45)46/h1,5,10-11,13-14,16-18,20,26-27,53H,2,6-9,12,15,19,21-23H2,3H3,(H,48,54)/t26-,27?,40+/m1/s1. The number of aromatic hydroxyl groups is 1. The lowest BCUT2D eigenvalue weighted by atomic mass is 9.87. The number of halogens is 5. The summed E-state index contributed by atoms with van der Waals surface area (Å²) in [5.74, 6) is 2.21. The summed E-state index contributed by atoms with van der Waals surface area (Å²) < 4.78 is 76.1. The number of carbonyl (C=O) groups is 1. The first-order valence-corrected chi connectivity index (χ1v) is 18.1. The van der Waals surface area contributed by atoms with Crippen LogP contribution in [-0.2, 0) is 17.4 Å². The number of nitrogens with zero attached hydrogens (tertiary/aromatic N) is 5. The molecule has 4 heterocycles. The second-order valence-electron chi connectivity index (χ2n) is 14.5. The largest absolute Gasteiger partial charge is 0.508 e. The third-order valence-electron chi connectivity index (χ3n) is 10.6. The van der Waals surface area contributed by atoms with Gasteiger partial charge in [0.25, 0.3) is 0 Å². The number of nitrogens with one attached hydrogen (secondary N) is 1. The monoisotopic (exact) mass is 758 g/mol. The zero-order chi connectivity index (χ0) is 39.1. The molecule has 2 aliphatic heterocycles. The number of ether oxygens (including phenoxy) is 1. The molecule has 4 aromatic rings. The zero-order valence-corrected chi connectivity index (χ0v) is 30.1. The topological polar surface area (TPSA) is 104 Å². The lowest BCUT2D eigenvalue weighted by molar-refractivity contribution is -0.141. The third kappa shape index (κ3) is 7.65. The summed E-state index contributed by atoms with van der Waals surface area (Å²) in [6, 6.07) is 7.87. The lowest BCUT2D eigenvalue weighted by Crippen LogP contribution is -2.46. The van der Waals surface area contributed by atoms with Gasteiger partial charge in [0.2, 0.25) is 5.91 Å². The Morgan fingerprint density at radius 2 is 2.00 bits per heavy atom. The molecule has 14 heteroatoms. The first kappa shape index (κ1) is 37.6. The highest BCUT2D eigenvalue weighted by molar-refractivity contribution is 6.02. The van der Waals surface area contributed by atoms with E-state index in [4.69, 9.17) is 21.1 Å². The van der Waals surface area contributed by atoms with Crippen LogP contribution in [0.4, 0.5) is 33.5 Å². The van der Waals surface area contributed by atoms with Crippen LogP contribution in [0.2, 0.25) is 0 Å². The smallest absolute Gasteiger partial charge is 0.433 e. The van der Waals surface area contributed by atoms with Crippen molar-refractivity contribution in [1.82, 2.24) is 20.3 Å². The molecule has 3 aliphatic rings. The van der Waals surface area contributed by atoms with Crippen LogP contribution in [0, 0.1) is 18.2 Å². The predicted octanol–water partition coefficient (Wildman–Crippen LogP) is 7.40. The first-order valence-electron chi connectivity index (χ1n) is 18.1. The van der Waals surface area contributed by atoms with Crippen molar-refractivity contribution in [2.45, 2.75) is 69.4 Å². The van der Waals surface area contributed by atoms with Crippen LogP contribution in [0.15, 0.2) is 55.3 Å². The highest BCUT2D eigenvalue weighted by atomic mass is 19.4. The number of fused-ring (bicyclic) bond motifs is 2. The minimum absolute atomic E-state index is 0.00710. The number of alkyl halides is 4. The number of carbonyl (C=O) groups excluding carboxylic acids is 1. The quantitative estimate of drug-likeness (QED) is 0.109. The molecule has 0 saturated carbocycles.